The Kier molecular flexibility index (Phi) is 6.45. The molecule has 0 spiro atoms. The fourth-order valence-corrected chi connectivity index (χ4v) is 2.14. The van der Waals surface area contributed by atoms with Gasteiger partial charge in [-0.1, -0.05) is 13.3 Å². The molecule has 0 heterocycles. The van der Waals surface area contributed by atoms with Gasteiger partial charge >= 0.3 is 0 Å². The highest BCUT2D eigenvalue weighted by atomic mass is 35.5. The minimum atomic E-state index is -0.484. The van der Waals surface area contributed by atoms with Gasteiger partial charge in [-0.2, -0.15) is 0 Å². The normalized spacial score (nSPS) is 10.3. The smallest absolute Gasteiger partial charge is 0.270 e. The number of halogens is 1. The molecule has 6 heteroatoms. The Morgan fingerprint density at radius 2 is 2.05 bits per heavy atom. The largest absolute Gasteiger partial charge is 0.337 e. The van der Waals surface area contributed by atoms with Crippen molar-refractivity contribution in [2.45, 2.75) is 26.7 Å². The quantitative estimate of drug-likeness (QED) is 0.440. The lowest BCUT2D eigenvalue weighted by Crippen LogP contribution is -2.33. The minimum absolute atomic E-state index is 0.0605. The molecule has 0 saturated heterocycles. The third-order valence-corrected chi connectivity index (χ3v) is 3.11. The predicted octanol–water partition coefficient (Wildman–Crippen LogP) is 3.38. The van der Waals surface area contributed by atoms with Crippen molar-refractivity contribution in [1.29, 1.82) is 0 Å². The summed E-state index contributed by atoms with van der Waals surface area (Å²) in [6.45, 7) is 4.84. The van der Waals surface area contributed by atoms with E-state index in [2.05, 4.69) is 0 Å². The molecule has 20 heavy (non-hydrogen) atoms. The SMILES string of the molecule is CCCCN(CCCl)C(=O)c1cc(C)cc([N+](=O)[O-])c1. The Labute approximate surface area is 123 Å². The molecule has 0 bridgehead atoms. The van der Waals surface area contributed by atoms with Crippen LogP contribution in [0.3, 0.4) is 0 Å². The van der Waals surface area contributed by atoms with E-state index in [9.17, 15) is 14.9 Å². The van der Waals surface area contributed by atoms with Crippen LogP contribution in [-0.4, -0.2) is 34.7 Å². The summed E-state index contributed by atoms with van der Waals surface area (Å²) in [4.78, 5) is 24.4. The second-order valence-electron chi connectivity index (χ2n) is 4.65. The van der Waals surface area contributed by atoms with Crippen molar-refractivity contribution >= 4 is 23.2 Å². The predicted molar refractivity (Wildman–Crippen MR) is 79.4 cm³/mol. The van der Waals surface area contributed by atoms with E-state index in [-0.39, 0.29) is 11.6 Å². The summed E-state index contributed by atoms with van der Waals surface area (Å²) in [5, 5.41) is 10.9. The number of alkyl halides is 1. The van der Waals surface area contributed by atoms with Crippen LogP contribution >= 0.6 is 11.6 Å². The van der Waals surface area contributed by atoms with Crippen LogP contribution in [0, 0.1) is 17.0 Å². The van der Waals surface area contributed by atoms with Crippen molar-refractivity contribution in [3.8, 4) is 0 Å². The topological polar surface area (TPSA) is 63.5 Å². The van der Waals surface area contributed by atoms with Crippen LogP contribution < -0.4 is 0 Å². The molecule has 1 rings (SSSR count). The first-order valence-electron chi connectivity index (χ1n) is 6.61. The average molecular weight is 299 g/mol. The van der Waals surface area contributed by atoms with E-state index in [0.29, 0.717) is 30.1 Å². The Morgan fingerprint density at radius 3 is 2.60 bits per heavy atom. The van der Waals surface area contributed by atoms with E-state index in [1.54, 1.807) is 17.9 Å². The number of aryl methyl sites for hydroxylation is 1. The zero-order valence-corrected chi connectivity index (χ0v) is 12.5. The van der Waals surface area contributed by atoms with E-state index >= 15 is 0 Å². The van der Waals surface area contributed by atoms with Crippen molar-refractivity contribution in [3.63, 3.8) is 0 Å². The van der Waals surface area contributed by atoms with Crippen molar-refractivity contribution in [3.05, 3.63) is 39.4 Å². The monoisotopic (exact) mass is 298 g/mol. The van der Waals surface area contributed by atoms with Gasteiger partial charge < -0.3 is 4.90 Å². The third kappa shape index (κ3) is 4.49. The van der Waals surface area contributed by atoms with Gasteiger partial charge in [0.1, 0.15) is 0 Å². The highest BCUT2D eigenvalue weighted by Gasteiger charge is 2.18. The van der Waals surface area contributed by atoms with Crippen LogP contribution in [0.2, 0.25) is 0 Å². The molecule has 0 aliphatic rings. The molecule has 0 aliphatic heterocycles. The fourth-order valence-electron chi connectivity index (χ4n) is 1.94. The number of carbonyl (C=O) groups is 1. The molecule has 0 aliphatic carbocycles. The van der Waals surface area contributed by atoms with Gasteiger partial charge in [0.05, 0.1) is 4.92 Å². The molecule has 0 N–H and O–H groups in total. The summed E-state index contributed by atoms with van der Waals surface area (Å²) in [6.07, 6.45) is 1.86. The third-order valence-electron chi connectivity index (χ3n) is 2.94. The second-order valence-corrected chi connectivity index (χ2v) is 5.03. The molecular weight excluding hydrogens is 280 g/mol. The van der Waals surface area contributed by atoms with Crippen molar-refractivity contribution in [2.75, 3.05) is 19.0 Å². The van der Waals surface area contributed by atoms with E-state index < -0.39 is 4.92 Å². The highest BCUT2D eigenvalue weighted by Crippen LogP contribution is 2.18. The van der Waals surface area contributed by atoms with Gasteiger partial charge in [-0.3, -0.25) is 14.9 Å². The van der Waals surface area contributed by atoms with Gasteiger partial charge in [0.15, 0.2) is 0 Å². The molecular formula is C14H19ClN2O3. The van der Waals surface area contributed by atoms with E-state index in [0.717, 1.165) is 12.8 Å². The summed E-state index contributed by atoms with van der Waals surface area (Å²) in [5.41, 5.74) is 0.983. The molecule has 0 radical (unpaired) electrons. The Balaban J connectivity index is 3.01. The van der Waals surface area contributed by atoms with Gasteiger partial charge in [-0.15, -0.1) is 11.6 Å². The van der Waals surface area contributed by atoms with E-state index in [1.165, 1.54) is 12.1 Å². The molecule has 0 unspecified atom stereocenters. The van der Waals surface area contributed by atoms with Crippen LogP contribution in [0.4, 0.5) is 5.69 Å². The second kappa shape index (κ2) is 7.85. The number of hydrogen-bond acceptors (Lipinski definition) is 3. The maximum absolute atomic E-state index is 12.4. The summed E-state index contributed by atoms with van der Waals surface area (Å²) < 4.78 is 0. The van der Waals surface area contributed by atoms with Gasteiger partial charge in [0.2, 0.25) is 0 Å². The lowest BCUT2D eigenvalue weighted by molar-refractivity contribution is -0.384. The summed E-state index contributed by atoms with van der Waals surface area (Å²) in [5.74, 6) is 0.148. The number of non-ortho nitro benzene ring substituents is 1. The van der Waals surface area contributed by atoms with Crippen LogP contribution in [0.25, 0.3) is 0 Å². The van der Waals surface area contributed by atoms with Gasteiger partial charge in [0.25, 0.3) is 11.6 Å². The number of nitro benzene ring substituents is 1. The summed E-state index contributed by atoms with van der Waals surface area (Å²) >= 11 is 5.72. The summed E-state index contributed by atoms with van der Waals surface area (Å²) in [7, 11) is 0. The molecule has 0 fully saturated rings. The first kappa shape index (κ1) is 16.4. The van der Waals surface area contributed by atoms with E-state index in [1.807, 2.05) is 6.92 Å². The lowest BCUT2D eigenvalue weighted by Gasteiger charge is -2.21. The number of hydrogen-bond donors (Lipinski definition) is 0. The molecule has 1 aromatic carbocycles. The number of rotatable bonds is 7. The number of nitrogens with zero attached hydrogens (tertiary/aromatic N) is 2. The highest BCUT2D eigenvalue weighted by molar-refractivity contribution is 6.18. The van der Waals surface area contributed by atoms with Crippen LogP contribution in [0.15, 0.2) is 18.2 Å². The maximum atomic E-state index is 12.4. The Hall–Kier alpha value is -1.62. The van der Waals surface area contributed by atoms with Gasteiger partial charge in [0, 0.05) is 36.7 Å². The van der Waals surface area contributed by atoms with Gasteiger partial charge in [-0.05, 0) is 25.0 Å². The summed E-state index contributed by atoms with van der Waals surface area (Å²) in [6, 6.07) is 4.44. The lowest BCUT2D eigenvalue weighted by atomic mass is 10.1. The number of benzene rings is 1. The first-order valence-corrected chi connectivity index (χ1v) is 7.14. The fraction of sp³-hybridized carbons (Fsp3) is 0.500. The molecule has 110 valence electrons. The average Bonchev–Trinajstić information content (AvgIpc) is 2.42. The number of nitro groups is 1. The molecule has 0 saturated carbocycles. The number of amides is 1. The maximum Gasteiger partial charge on any atom is 0.270 e. The molecule has 0 atom stereocenters. The Bertz CT molecular complexity index is 491. The van der Waals surface area contributed by atoms with Gasteiger partial charge in [-0.25, -0.2) is 0 Å². The van der Waals surface area contributed by atoms with Crippen molar-refractivity contribution < 1.29 is 9.72 Å². The minimum Gasteiger partial charge on any atom is -0.337 e. The molecule has 1 aromatic rings. The standard InChI is InChI=1S/C14H19ClN2O3/c1-3-4-6-16(7-5-15)14(18)12-8-11(2)9-13(10-12)17(19)20/h8-10H,3-7H2,1-2H3. The zero-order valence-electron chi connectivity index (χ0n) is 11.8. The Morgan fingerprint density at radius 1 is 1.35 bits per heavy atom. The molecule has 1 amide bonds. The van der Waals surface area contributed by atoms with Crippen molar-refractivity contribution in [2.24, 2.45) is 0 Å². The zero-order chi connectivity index (χ0) is 15.1. The van der Waals surface area contributed by atoms with Crippen LogP contribution in [0.1, 0.15) is 35.7 Å². The van der Waals surface area contributed by atoms with Crippen LogP contribution in [-0.2, 0) is 0 Å². The molecule has 5 nitrogen and oxygen atoms in total. The van der Waals surface area contributed by atoms with Crippen LogP contribution in [0.5, 0.6) is 0 Å². The van der Waals surface area contributed by atoms with E-state index in [4.69, 9.17) is 11.6 Å². The molecule has 0 aromatic heterocycles. The number of unbranched alkanes of at least 4 members (excludes halogenated alkanes) is 1. The van der Waals surface area contributed by atoms with Crippen molar-refractivity contribution in [1.82, 2.24) is 4.90 Å². The first-order chi connectivity index (χ1) is 9.49. The number of carbonyl (C=O) groups excluding carboxylic acids is 1.